The Morgan fingerprint density at radius 2 is 1.65 bits per heavy atom. The van der Waals surface area contributed by atoms with Crippen LogP contribution in [0.25, 0.3) is 11.3 Å². The summed E-state index contributed by atoms with van der Waals surface area (Å²) >= 11 is 0. The van der Waals surface area contributed by atoms with Crippen molar-refractivity contribution in [3.05, 3.63) is 107 Å². The van der Waals surface area contributed by atoms with E-state index in [1.807, 2.05) is 54.6 Å². The Morgan fingerprint density at radius 1 is 0.912 bits per heavy atom. The van der Waals surface area contributed by atoms with Crippen molar-refractivity contribution in [1.29, 1.82) is 0 Å². The molecule has 0 unspecified atom stereocenters. The maximum atomic E-state index is 12.8. The van der Waals surface area contributed by atoms with E-state index in [0.717, 1.165) is 52.4 Å². The number of carbonyl (C=O) groups excluding carboxylic acids is 1. The molecule has 4 aromatic rings. The van der Waals surface area contributed by atoms with Crippen LogP contribution in [0.5, 0.6) is 5.75 Å². The van der Waals surface area contributed by atoms with Crippen LogP contribution in [-0.2, 0) is 30.5 Å². The van der Waals surface area contributed by atoms with Crippen molar-refractivity contribution < 1.29 is 9.53 Å². The first-order valence-corrected chi connectivity index (χ1v) is 11.6. The third-order valence-corrected chi connectivity index (χ3v) is 6.19. The molecule has 5 rings (SSSR count). The van der Waals surface area contributed by atoms with Crippen LogP contribution in [0.15, 0.2) is 78.9 Å². The van der Waals surface area contributed by atoms with Gasteiger partial charge in [0.05, 0.1) is 24.2 Å². The molecule has 170 valence electrons. The highest BCUT2D eigenvalue weighted by Crippen LogP contribution is 2.35. The topological polar surface area (TPSA) is 64.1 Å². The number of amides is 1. The van der Waals surface area contributed by atoms with Crippen LogP contribution < -0.4 is 10.1 Å². The maximum absolute atomic E-state index is 12.8. The van der Waals surface area contributed by atoms with Crippen molar-refractivity contribution in [3.8, 4) is 17.0 Å². The molecule has 0 saturated carbocycles. The van der Waals surface area contributed by atoms with Gasteiger partial charge in [0.2, 0.25) is 5.91 Å². The van der Waals surface area contributed by atoms with Gasteiger partial charge in [-0.05, 0) is 54.2 Å². The summed E-state index contributed by atoms with van der Waals surface area (Å²) in [5, 5.41) is 3.06. The number of rotatable bonds is 7. The molecule has 0 bridgehead atoms. The number of nitrogens with zero attached hydrogens (tertiary/aromatic N) is 2. The molecule has 1 amide bonds. The summed E-state index contributed by atoms with van der Waals surface area (Å²) in [5.74, 6) is 1.37. The number of ether oxygens (including phenoxy) is 1. The quantitative estimate of drug-likeness (QED) is 0.410. The number of hydrogen-bond donors (Lipinski definition) is 1. The second-order valence-corrected chi connectivity index (χ2v) is 8.53. The van der Waals surface area contributed by atoms with Crippen LogP contribution in [0.3, 0.4) is 0 Å². The van der Waals surface area contributed by atoms with Crippen LogP contribution in [0.1, 0.15) is 34.5 Å². The number of nitrogens with one attached hydrogen (secondary N) is 1. The molecule has 5 heteroatoms. The number of carbonyl (C=O) groups is 1. The Hall–Kier alpha value is -3.99. The Labute approximate surface area is 199 Å². The standard InChI is InChI=1S/C29H27N3O2/c1-34-23-14-15-24-22(19-23)13-16-25-28(24)30-26(18-21-10-6-3-7-11-21)29(31-25)32-27(33)17-12-20-8-4-2-5-9-20/h2-11,14-15,19H,12-13,16-18H2,1H3,(H,31,32,33). The first-order valence-electron chi connectivity index (χ1n) is 11.6. The highest BCUT2D eigenvalue weighted by molar-refractivity contribution is 5.90. The molecule has 3 aromatic carbocycles. The van der Waals surface area contributed by atoms with Gasteiger partial charge in [0.1, 0.15) is 5.75 Å². The first-order chi connectivity index (χ1) is 16.7. The van der Waals surface area contributed by atoms with Crippen molar-refractivity contribution in [2.75, 3.05) is 12.4 Å². The lowest BCUT2D eigenvalue weighted by molar-refractivity contribution is -0.116. The van der Waals surface area contributed by atoms with E-state index in [0.29, 0.717) is 25.1 Å². The van der Waals surface area contributed by atoms with Crippen molar-refractivity contribution in [1.82, 2.24) is 9.97 Å². The van der Waals surface area contributed by atoms with Gasteiger partial charge < -0.3 is 10.1 Å². The molecule has 0 fully saturated rings. The number of aryl methyl sites for hydroxylation is 3. The molecule has 0 radical (unpaired) electrons. The minimum absolute atomic E-state index is 0.0478. The molecule has 0 aliphatic heterocycles. The summed E-state index contributed by atoms with van der Waals surface area (Å²) in [6.07, 6.45) is 3.33. The number of fused-ring (bicyclic) bond motifs is 3. The Balaban J connectivity index is 1.46. The normalized spacial score (nSPS) is 11.9. The van der Waals surface area contributed by atoms with E-state index in [9.17, 15) is 4.79 Å². The number of methoxy groups -OCH3 is 1. The first kappa shape index (κ1) is 21.8. The lowest BCUT2D eigenvalue weighted by atomic mass is 9.91. The van der Waals surface area contributed by atoms with E-state index in [1.165, 1.54) is 5.56 Å². The van der Waals surface area contributed by atoms with Gasteiger partial charge in [0, 0.05) is 18.4 Å². The van der Waals surface area contributed by atoms with Crippen LogP contribution in [0.4, 0.5) is 5.82 Å². The lowest BCUT2D eigenvalue weighted by Gasteiger charge is -2.21. The van der Waals surface area contributed by atoms with Crippen molar-refractivity contribution in [2.45, 2.75) is 32.1 Å². The summed E-state index contributed by atoms with van der Waals surface area (Å²) in [7, 11) is 1.68. The molecular formula is C29H27N3O2. The van der Waals surface area contributed by atoms with Crippen molar-refractivity contribution in [2.24, 2.45) is 0 Å². The van der Waals surface area contributed by atoms with Crippen molar-refractivity contribution >= 4 is 11.7 Å². The van der Waals surface area contributed by atoms with Gasteiger partial charge in [0.25, 0.3) is 0 Å². The fraction of sp³-hybridized carbons (Fsp3) is 0.207. The third kappa shape index (κ3) is 4.84. The Bertz CT molecular complexity index is 1300. The summed E-state index contributed by atoms with van der Waals surface area (Å²) in [5.41, 5.74) is 7.18. The van der Waals surface area contributed by atoms with Gasteiger partial charge in [-0.1, -0.05) is 60.7 Å². The predicted octanol–water partition coefficient (Wildman–Crippen LogP) is 5.41. The van der Waals surface area contributed by atoms with Crippen LogP contribution in [0.2, 0.25) is 0 Å². The van der Waals surface area contributed by atoms with Crippen LogP contribution >= 0.6 is 0 Å². The maximum Gasteiger partial charge on any atom is 0.225 e. The summed E-state index contributed by atoms with van der Waals surface area (Å²) in [6.45, 7) is 0. The fourth-order valence-electron chi connectivity index (χ4n) is 4.39. The minimum Gasteiger partial charge on any atom is -0.497 e. The smallest absolute Gasteiger partial charge is 0.225 e. The van der Waals surface area contributed by atoms with Crippen LogP contribution in [0, 0.1) is 0 Å². The predicted molar refractivity (Wildman–Crippen MR) is 134 cm³/mol. The number of anilines is 1. The van der Waals surface area contributed by atoms with E-state index >= 15 is 0 Å². The highest BCUT2D eigenvalue weighted by Gasteiger charge is 2.23. The van der Waals surface area contributed by atoms with Gasteiger partial charge >= 0.3 is 0 Å². The van der Waals surface area contributed by atoms with E-state index in [2.05, 4.69) is 29.6 Å². The number of hydrogen-bond acceptors (Lipinski definition) is 4. The average Bonchev–Trinajstić information content (AvgIpc) is 2.88. The van der Waals surface area contributed by atoms with Crippen LogP contribution in [-0.4, -0.2) is 23.0 Å². The molecule has 34 heavy (non-hydrogen) atoms. The van der Waals surface area contributed by atoms with Crippen molar-refractivity contribution in [3.63, 3.8) is 0 Å². The molecule has 1 aliphatic rings. The van der Waals surface area contributed by atoms with Gasteiger partial charge in [-0.3, -0.25) is 4.79 Å². The summed E-state index contributed by atoms with van der Waals surface area (Å²) in [4.78, 5) is 22.8. The Kier molecular flexibility index (Phi) is 6.34. The zero-order chi connectivity index (χ0) is 23.3. The monoisotopic (exact) mass is 449 g/mol. The summed E-state index contributed by atoms with van der Waals surface area (Å²) < 4.78 is 5.41. The van der Waals surface area contributed by atoms with Gasteiger partial charge in [-0.2, -0.15) is 0 Å². The van der Waals surface area contributed by atoms with Gasteiger partial charge in [-0.25, -0.2) is 9.97 Å². The van der Waals surface area contributed by atoms with E-state index < -0.39 is 0 Å². The number of benzene rings is 3. The van der Waals surface area contributed by atoms with Gasteiger partial charge in [-0.15, -0.1) is 0 Å². The summed E-state index contributed by atoms with van der Waals surface area (Å²) in [6, 6.07) is 26.3. The molecule has 0 saturated heterocycles. The zero-order valence-corrected chi connectivity index (χ0v) is 19.3. The second-order valence-electron chi connectivity index (χ2n) is 8.53. The fourth-order valence-corrected chi connectivity index (χ4v) is 4.39. The zero-order valence-electron chi connectivity index (χ0n) is 19.3. The molecule has 5 nitrogen and oxygen atoms in total. The molecule has 1 aliphatic carbocycles. The average molecular weight is 450 g/mol. The lowest BCUT2D eigenvalue weighted by Crippen LogP contribution is -2.19. The molecule has 1 N–H and O–H groups in total. The Morgan fingerprint density at radius 3 is 2.38 bits per heavy atom. The van der Waals surface area contributed by atoms with E-state index in [-0.39, 0.29) is 5.91 Å². The van der Waals surface area contributed by atoms with Gasteiger partial charge in [0.15, 0.2) is 5.82 Å². The van der Waals surface area contributed by atoms with E-state index in [1.54, 1.807) is 7.11 Å². The molecule has 0 spiro atoms. The second kappa shape index (κ2) is 9.87. The minimum atomic E-state index is -0.0478. The third-order valence-electron chi connectivity index (χ3n) is 6.19. The number of aromatic nitrogens is 2. The largest absolute Gasteiger partial charge is 0.497 e. The SMILES string of the molecule is COc1ccc2c(c1)CCc1nc(NC(=O)CCc3ccccc3)c(Cc3ccccc3)nc1-2. The molecule has 1 heterocycles. The molecule has 1 aromatic heterocycles. The molecular weight excluding hydrogens is 422 g/mol. The molecule has 0 atom stereocenters. The van der Waals surface area contributed by atoms with E-state index in [4.69, 9.17) is 14.7 Å². The highest BCUT2D eigenvalue weighted by atomic mass is 16.5.